The lowest BCUT2D eigenvalue weighted by Gasteiger charge is -2.38. The standard InChI is InChI=1S/C12H18ClNOS/c1-16-14-8-6-12(15,7-9-14)10-2-4-11(13)5-3-10/h2-4,11,15H,5-9H2,1H3. The largest absolute Gasteiger partial charge is 0.385 e. The van der Waals surface area contributed by atoms with Crippen molar-refractivity contribution in [1.29, 1.82) is 0 Å². The molecule has 1 saturated heterocycles. The molecule has 1 fully saturated rings. The zero-order valence-electron chi connectivity index (χ0n) is 9.53. The Morgan fingerprint density at radius 1 is 1.50 bits per heavy atom. The molecule has 0 amide bonds. The summed E-state index contributed by atoms with van der Waals surface area (Å²) < 4.78 is 2.30. The number of allylic oxidation sites excluding steroid dienone is 2. The summed E-state index contributed by atoms with van der Waals surface area (Å²) in [5.41, 5.74) is 0.435. The van der Waals surface area contributed by atoms with Gasteiger partial charge in [-0.2, -0.15) is 0 Å². The van der Waals surface area contributed by atoms with Crippen molar-refractivity contribution in [3.63, 3.8) is 0 Å². The van der Waals surface area contributed by atoms with E-state index in [0.717, 1.165) is 37.9 Å². The van der Waals surface area contributed by atoms with Crippen molar-refractivity contribution < 1.29 is 5.11 Å². The fraction of sp³-hybridized carbons (Fsp3) is 0.667. The molecule has 0 bridgehead atoms. The predicted molar refractivity (Wildman–Crippen MR) is 70.8 cm³/mol. The first-order valence-electron chi connectivity index (χ1n) is 5.68. The quantitative estimate of drug-likeness (QED) is 0.609. The Hall–Kier alpha value is 0.0400. The molecule has 0 saturated carbocycles. The molecular weight excluding hydrogens is 242 g/mol. The van der Waals surface area contributed by atoms with Gasteiger partial charge < -0.3 is 5.11 Å². The minimum absolute atomic E-state index is 0.0960. The highest BCUT2D eigenvalue weighted by Gasteiger charge is 2.35. The average molecular weight is 260 g/mol. The van der Waals surface area contributed by atoms with Crippen LogP contribution in [0.25, 0.3) is 0 Å². The summed E-state index contributed by atoms with van der Waals surface area (Å²) in [5.74, 6) is 0. The van der Waals surface area contributed by atoms with Crippen LogP contribution in [0.2, 0.25) is 0 Å². The molecule has 4 heteroatoms. The van der Waals surface area contributed by atoms with E-state index < -0.39 is 5.60 Å². The van der Waals surface area contributed by atoms with Crippen LogP contribution >= 0.6 is 23.5 Å². The Morgan fingerprint density at radius 3 is 2.69 bits per heavy atom. The molecule has 90 valence electrons. The molecule has 2 aliphatic rings. The number of halogens is 1. The second-order valence-corrected chi connectivity index (χ2v) is 5.86. The van der Waals surface area contributed by atoms with E-state index in [-0.39, 0.29) is 5.38 Å². The van der Waals surface area contributed by atoms with Crippen LogP contribution in [0.1, 0.15) is 19.3 Å². The number of rotatable bonds is 2. The number of piperidine rings is 1. The summed E-state index contributed by atoms with van der Waals surface area (Å²) >= 11 is 7.74. The van der Waals surface area contributed by atoms with Crippen molar-refractivity contribution in [3.05, 3.63) is 23.8 Å². The number of hydrogen-bond acceptors (Lipinski definition) is 3. The molecule has 0 radical (unpaired) electrons. The lowest BCUT2D eigenvalue weighted by Crippen LogP contribution is -2.43. The molecular formula is C12H18ClNOS. The van der Waals surface area contributed by atoms with Gasteiger partial charge in [-0.05, 0) is 31.1 Å². The molecule has 1 heterocycles. The Balaban J connectivity index is 2.02. The fourth-order valence-electron chi connectivity index (χ4n) is 2.27. The van der Waals surface area contributed by atoms with Gasteiger partial charge in [-0.1, -0.05) is 30.2 Å². The third-order valence-corrected chi connectivity index (χ3v) is 4.60. The van der Waals surface area contributed by atoms with Gasteiger partial charge in [-0.25, -0.2) is 0 Å². The minimum atomic E-state index is -0.625. The maximum absolute atomic E-state index is 10.6. The van der Waals surface area contributed by atoms with Gasteiger partial charge in [0.1, 0.15) is 0 Å². The highest BCUT2D eigenvalue weighted by atomic mass is 35.5. The van der Waals surface area contributed by atoms with E-state index in [4.69, 9.17) is 11.6 Å². The molecule has 1 N–H and O–H groups in total. The molecule has 16 heavy (non-hydrogen) atoms. The minimum Gasteiger partial charge on any atom is -0.385 e. The summed E-state index contributed by atoms with van der Waals surface area (Å²) in [4.78, 5) is 0. The third-order valence-electron chi connectivity index (χ3n) is 3.39. The smallest absolute Gasteiger partial charge is 0.0918 e. The van der Waals surface area contributed by atoms with Gasteiger partial charge >= 0.3 is 0 Å². The Kier molecular flexibility index (Phi) is 4.01. The number of aliphatic hydroxyl groups is 1. The van der Waals surface area contributed by atoms with Crippen LogP contribution in [0.15, 0.2) is 23.8 Å². The number of nitrogens with zero attached hydrogens (tertiary/aromatic N) is 1. The van der Waals surface area contributed by atoms with E-state index in [2.05, 4.69) is 16.6 Å². The number of alkyl halides is 1. The molecule has 0 aromatic carbocycles. The van der Waals surface area contributed by atoms with Gasteiger partial charge in [0.15, 0.2) is 0 Å². The Bertz CT molecular complexity index is 308. The van der Waals surface area contributed by atoms with E-state index in [1.807, 2.05) is 12.2 Å². The van der Waals surface area contributed by atoms with Crippen LogP contribution in [-0.4, -0.2) is 39.7 Å². The van der Waals surface area contributed by atoms with Crippen LogP contribution < -0.4 is 0 Å². The molecule has 1 atom stereocenters. The second-order valence-electron chi connectivity index (χ2n) is 4.41. The summed E-state index contributed by atoms with van der Waals surface area (Å²) in [6, 6.07) is 0. The third kappa shape index (κ3) is 2.65. The van der Waals surface area contributed by atoms with Crippen LogP contribution in [0.4, 0.5) is 0 Å². The molecule has 0 aromatic rings. The van der Waals surface area contributed by atoms with Gasteiger partial charge in [-0.3, -0.25) is 4.31 Å². The maximum atomic E-state index is 10.6. The van der Waals surface area contributed by atoms with Gasteiger partial charge in [0.25, 0.3) is 0 Å². The first-order chi connectivity index (χ1) is 7.64. The van der Waals surface area contributed by atoms with Gasteiger partial charge in [0.05, 0.1) is 11.0 Å². The van der Waals surface area contributed by atoms with E-state index in [9.17, 15) is 5.11 Å². The first kappa shape index (κ1) is 12.5. The van der Waals surface area contributed by atoms with Crippen molar-refractivity contribution in [2.75, 3.05) is 19.3 Å². The van der Waals surface area contributed by atoms with E-state index in [0.29, 0.717) is 0 Å². The zero-order valence-corrected chi connectivity index (χ0v) is 11.1. The lowest BCUT2D eigenvalue weighted by molar-refractivity contribution is 0.0335. The van der Waals surface area contributed by atoms with E-state index >= 15 is 0 Å². The summed E-state index contributed by atoms with van der Waals surface area (Å²) in [7, 11) is 0. The lowest BCUT2D eigenvalue weighted by atomic mass is 9.82. The van der Waals surface area contributed by atoms with Crippen LogP contribution in [0.3, 0.4) is 0 Å². The van der Waals surface area contributed by atoms with Crippen LogP contribution in [0, 0.1) is 0 Å². The van der Waals surface area contributed by atoms with Gasteiger partial charge in [0, 0.05) is 13.1 Å². The van der Waals surface area contributed by atoms with E-state index in [1.54, 1.807) is 11.9 Å². The van der Waals surface area contributed by atoms with Crippen LogP contribution in [-0.2, 0) is 0 Å². The highest BCUT2D eigenvalue weighted by Crippen LogP contribution is 2.34. The second kappa shape index (κ2) is 5.13. The monoisotopic (exact) mass is 259 g/mol. The molecule has 0 aromatic heterocycles. The molecule has 0 spiro atoms. The molecule has 2 rings (SSSR count). The predicted octanol–water partition coefficient (Wildman–Crippen LogP) is 2.59. The van der Waals surface area contributed by atoms with Gasteiger partial charge in [0.2, 0.25) is 0 Å². The van der Waals surface area contributed by atoms with Crippen LogP contribution in [0.5, 0.6) is 0 Å². The SMILES string of the molecule is CSN1CCC(O)(C2=CCC(Cl)C=C2)CC1. The zero-order chi connectivity index (χ0) is 11.6. The van der Waals surface area contributed by atoms with Crippen molar-refractivity contribution >= 4 is 23.5 Å². The molecule has 1 aliphatic carbocycles. The van der Waals surface area contributed by atoms with E-state index in [1.165, 1.54) is 0 Å². The molecule has 2 nitrogen and oxygen atoms in total. The summed E-state index contributed by atoms with van der Waals surface area (Å²) in [6.45, 7) is 1.90. The first-order valence-corrected chi connectivity index (χ1v) is 7.30. The normalized spacial score (nSPS) is 30.2. The summed E-state index contributed by atoms with van der Waals surface area (Å²) in [6.07, 6.45) is 10.6. The summed E-state index contributed by atoms with van der Waals surface area (Å²) in [5, 5.41) is 10.7. The average Bonchev–Trinajstić information content (AvgIpc) is 2.31. The van der Waals surface area contributed by atoms with Gasteiger partial charge in [-0.15, -0.1) is 11.6 Å². The van der Waals surface area contributed by atoms with Crippen molar-refractivity contribution in [2.24, 2.45) is 0 Å². The Labute approximate surface area is 106 Å². The maximum Gasteiger partial charge on any atom is 0.0918 e. The van der Waals surface area contributed by atoms with Crippen molar-refractivity contribution in [2.45, 2.75) is 30.2 Å². The van der Waals surface area contributed by atoms with Crippen molar-refractivity contribution in [1.82, 2.24) is 4.31 Å². The highest BCUT2D eigenvalue weighted by molar-refractivity contribution is 7.96. The molecule has 1 unspecified atom stereocenters. The fourth-order valence-corrected chi connectivity index (χ4v) is 2.98. The Morgan fingerprint density at radius 2 is 2.19 bits per heavy atom. The molecule has 1 aliphatic heterocycles. The number of hydrogen-bond donors (Lipinski definition) is 1. The topological polar surface area (TPSA) is 23.5 Å². The van der Waals surface area contributed by atoms with Crippen molar-refractivity contribution in [3.8, 4) is 0 Å².